The minimum Gasteiger partial charge on any atom is -0.393 e. The van der Waals surface area contributed by atoms with Gasteiger partial charge in [0.05, 0.1) is 18.1 Å². The Bertz CT molecular complexity index is 506. The van der Waals surface area contributed by atoms with Crippen molar-refractivity contribution < 1.29 is 19.5 Å². The van der Waals surface area contributed by atoms with Gasteiger partial charge in [-0.1, -0.05) is 13.8 Å². The fourth-order valence-electron chi connectivity index (χ4n) is 3.66. The molecule has 0 aliphatic carbocycles. The molecule has 2 unspecified atom stereocenters. The van der Waals surface area contributed by atoms with E-state index in [-0.39, 0.29) is 24.2 Å². The second kappa shape index (κ2) is 6.57. The molecule has 2 aliphatic rings. The first-order valence-electron chi connectivity index (χ1n) is 8.24. The van der Waals surface area contributed by atoms with Crippen LogP contribution in [-0.2, 0) is 14.4 Å². The zero-order chi connectivity index (χ0) is 17.4. The maximum Gasteiger partial charge on any atom is 0.242 e. The fraction of sp³-hybridized carbons (Fsp3) is 0.812. The number of rotatable bonds is 7. The number of amides is 2. The van der Waals surface area contributed by atoms with Crippen LogP contribution in [0.5, 0.6) is 0 Å². The number of Topliss-reactive ketones (excluding diaryl/α,β-unsaturated/α-hetero) is 1. The molecule has 0 aromatic carbocycles. The quantitative estimate of drug-likeness (QED) is 0.542. The van der Waals surface area contributed by atoms with Gasteiger partial charge in [-0.2, -0.15) is 0 Å². The number of ketones is 1. The molecule has 2 aliphatic heterocycles. The number of aliphatic hydroxyl groups excluding tert-OH is 1. The van der Waals surface area contributed by atoms with Gasteiger partial charge < -0.3 is 16.2 Å². The smallest absolute Gasteiger partial charge is 0.242 e. The Morgan fingerprint density at radius 2 is 2.09 bits per heavy atom. The zero-order valence-electron chi connectivity index (χ0n) is 14.0. The summed E-state index contributed by atoms with van der Waals surface area (Å²) in [4.78, 5) is 38.2. The first-order chi connectivity index (χ1) is 10.7. The number of β-lactam (4-membered cyclic amide) rings is 1. The summed E-state index contributed by atoms with van der Waals surface area (Å²) in [6, 6.07) is -0.385. The van der Waals surface area contributed by atoms with Gasteiger partial charge in [-0.15, -0.1) is 0 Å². The van der Waals surface area contributed by atoms with Crippen LogP contribution >= 0.6 is 0 Å². The van der Waals surface area contributed by atoms with E-state index in [9.17, 15) is 19.5 Å². The lowest BCUT2D eigenvalue weighted by Gasteiger charge is -2.46. The topological polar surface area (TPSA) is 113 Å². The van der Waals surface area contributed by atoms with Crippen molar-refractivity contribution in [1.82, 2.24) is 10.2 Å². The first-order valence-corrected chi connectivity index (χ1v) is 8.24. The van der Waals surface area contributed by atoms with Gasteiger partial charge in [-0.25, -0.2) is 0 Å². The molecular formula is C16H27N3O4. The highest BCUT2D eigenvalue weighted by molar-refractivity contribution is 5.96. The summed E-state index contributed by atoms with van der Waals surface area (Å²) in [5.74, 6) is -1.37. The lowest BCUT2D eigenvalue weighted by Crippen LogP contribution is -2.72. The van der Waals surface area contributed by atoms with Crippen LogP contribution in [0.25, 0.3) is 0 Å². The van der Waals surface area contributed by atoms with E-state index in [0.29, 0.717) is 31.8 Å². The molecule has 0 aromatic heterocycles. The van der Waals surface area contributed by atoms with Crippen LogP contribution in [0.1, 0.15) is 40.0 Å². The standard InChI is InChI=1S/C16H27N3O4/c1-9(2)7-19-12(4-5-16(19)8-18-15(16)23)13(21)6-11(10(3)20)14(17)22/h9-12,20H,4-8H2,1-3H3,(H2,17,22)(H,18,23)/t10-,11+,12?,16?/m1/s1. The number of carbonyl (C=O) groups excluding carboxylic acids is 3. The molecule has 23 heavy (non-hydrogen) atoms. The van der Waals surface area contributed by atoms with Crippen LogP contribution < -0.4 is 11.1 Å². The van der Waals surface area contributed by atoms with Crippen LogP contribution in [0.3, 0.4) is 0 Å². The molecule has 7 nitrogen and oxygen atoms in total. The number of likely N-dealkylation sites (tertiary alicyclic amines) is 1. The predicted molar refractivity (Wildman–Crippen MR) is 84.3 cm³/mol. The maximum absolute atomic E-state index is 12.7. The van der Waals surface area contributed by atoms with E-state index in [1.807, 2.05) is 18.7 Å². The van der Waals surface area contributed by atoms with Crippen molar-refractivity contribution in [3.63, 3.8) is 0 Å². The summed E-state index contributed by atoms with van der Waals surface area (Å²) in [5, 5.41) is 12.4. The third kappa shape index (κ3) is 3.26. The maximum atomic E-state index is 12.7. The lowest BCUT2D eigenvalue weighted by atomic mass is 9.87. The highest BCUT2D eigenvalue weighted by Gasteiger charge is 2.58. The van der Waals surface area contributed by atoms with Crippen LogP contribution in [0, 0.1) is 11.8 Å². The third-order valence-corrected chi connectivity index (χ3v) is 5.02. The highest BCUT2D eigenvalue weighted by atomic mass is 16.3. The van der Waals surface area contributed by atoms with Crippen molar-refractivity contribution in [2.45, 2.75) is 57.7 Å². The van der Waals surface area contributed by atoms with Gasteiger partial charge in [0, 0.05) is 19.5 Å². The Labute approximate surface area is 136 Å². The Morgan fingerprint density at radius 3 is 2.48 bits per heavy atom. The second-order valence-electron chi connectivity index (χ2n) is 7.23. The molecule has 130 valence electrons. The molecule has 7 heteroatoms. The molecule has 1 spiro atoms. The van der Waals surface area contributed by atoms with Crippen molar-refractivity contribution >= 4 is 17.6 Å². The molecule has 2 fully saturated rings. The third-order valence-electron chi connectivity index (χ3n) is 5.02. The largest absolute Gasteiger partial charge is 0.393 e. The average molecular weight is 325 g/mol. The second-order valence-corrected chi connectivity index (χ2v) is 7.23. The fourth-order valence-corrected chi connectivity index (χ4v) is 3.66. The Balaban J connectivity index is 2.15. The normalized spacial score (nSPS) is 30.1. The number of nitrogens with two attached hydrogens (primary N) is 1. The van der Waals surface area contributed by atoms with Gasteiger partial charge >= 0.3 is 0 Å². The van der Waals surface area contributed by atoms with Gasteiger partial charge in [0.2, 0.25) is 11.8 Å². The monoisotopic (exact) mass is 325 g/mol. The molecule has 4 atom stereocenters. The van der Waals surface area contributed by atoms with Crippen molar-refractivity contribution in [1.29, 1.82) is 0 Å². The highest BCUT2D eigenvalue weighted by Crippen LogP contribution is 2.39. The Hall–Kier alpha value is -1.47. The summed E-state index contributed by atoms with van der Waals surface area (Å²) < 4.78 is 0. The Morgan fingerprint density at radius 1 is 1.43 bits per heavy atom. The zero-order valence-corrected chi connectivity index (χ0v) is 14.0. The van der Waals surface area contributed by atoms with Gasteiger partial charge in [0.1, 0.15) is 5.54 Å². The summed E-state index contributed by atoms with van der Waals surface area (Å²) in [6.45, 7) is 6.78. The number of hydrogen-bond donors (Lipinski definition) is 3. The molecule has 2 amide bonds. The lowest BCUT2D eigenvalue weighted by molar-refractivity contribution is -0.145. The molecule has 2 saturated heterocycles. The molecule has 0 aromatic rings. The minimum atomic E-state index is -0.961. The van der Waals surface area contributed by atoms with Crippen molar-refractivity contribution in [2.75, 3.05) is 13.1 Å². The molecule has 0 saturated carbocycles. The first kappa shape index (κ1) is 17.9. The van der Waals surface area contributed by atoms with Crippen LogP contribution in [0.15, 0.2) is 0 Å². The minimum absolute atomic E-state index is 0.0181. The molecule has 2 heterocycles. The number of nitrogens with one attached hydrogen (secondary N) is 1. The Kier molecular flexibility index (Phi) is 5.10. The van der Waals surface area contributed by atoms with E-state index in [0.717, 1.165) is 0 Å². The molecule has 4 N–H and O–H groups in total. The number of aliphatic hydroxyl groups is 1. The molecule has 2 rings (SSSR count). The van der Waals surface area contributed by atoms with E-state index < -0.39 is 23.5 Å². The van der Waals surface area contributed by atoms with E-state index in [2.05, 4.69) is 5.32 Å². The van der Waals surface area contributed by atoms with Gasteiger partial charge in [0.15, 0.2) is 5.78 Å². The summed E-state index contributed by atoms with van der Waals surface area (Å²) in [6.07, 6.45) is 0.212. The van der Waals surface area contributed by atoms with Crippen LogP contribution in [-0.4, -0.2) is 58.4 Å². The summed E-state index contributed by atoms with van der Waals surface area (Å²) in [7, 11) is 0. The van der Waals surface area contributed by atoms with Gasteiger partial charge in [0.25, 0.3) is 0 Å². The van der Waals surface area contributed by atoms with Crippen molar-refractivity contribution in [3.05, 3.63) is 0 Å². The van der Waals surface area contributed by atoms with Crippen LogP contribution in [0.2, 0.25) is 0 Å². The predicted octanol–water partition coefficient (Wildman–Crippen LogP) is -0.583. The molecule has 0 bridgehead atoms. The SMILES string of the molecule is CC(C)CN1C(C(=O)C[C@H](C(N)=O)[C@@H](C)O)CCC12CNC2=O. The van der Waals surface area contributed by atoms with Crippen molar-refractivity contribution in [3.8, 4) is 0 Å². The number of nitrogens with zero attached hydrogens (tertiary/aromatic N) is 1. The van der Waals surface area contributed by atoms with E-state index in [1.165, 1.54) is 6.92 Å². The number of carbonyl (C=O) groups is 3. The van der Waals surface area contributed by atoms with E-state index in [4.69, 9.17) is 5.73 Å². The summed E-state index contributed by atoms with van der Waals surface area (Å²) in [5.41, 5.74) is 4.71. The molecular weight excluding hydrogens is 298 g/mol. The summed E-state index contributed by atoms with van der Waals surface area (Å²) >= 11 is 0. The van der Waals surface area contributed by atoms with Crippen molar-refractivity contribution in [2.24, 2.45) is 17.6 Å². The van der Waals surface area contributed by atoms with Gasteiger partial charge in [-0.3, -0.25) is 19.3 Å². The number of hydrogen-bond acceptors (Lipinski definition) is 5. The van der Waals surface area contributed by atoms with Gasteiger partial charge in [-0.05, 0) is 25.7 Å². The number of primary amides is 1. The van der Waals surface area contributed by atoms with Crippen LogP contribution in [0.4, 0.5) is 0 Å². The van der Waals surface area contributed by atoms with E-state index >= 15 is 0 Å². The van der Waals surface area contributed by atoms with E-state index in [1.54, 1.807) is 0 Å². The average Bonchev–Trinajstić information content (AvgIpc) is 2.83. The molecule has 0 radical (unpaired) electrons.